The number of ether oxygens (including phenoxy) is 1. The minimum Gasteiger partial charge on any atom is -0.497 e. The molecule has 0 amide bonds. The largest absolute Gasteiger partial charge is 0.497 e. The van der Waals surface area contributed by atoms with E-state index in [2.05, 4.69) is 31.4 Å². The second-order valence-electron chi connectivity index (χ2n) is 5.09. The lowest BCUT2D eigenvalue weighted by molar-refractivity contribution is 0.336. The van der Waals surface area contributed by atoms with Crippen LogP contribution in [0.3, 0.4) is 0 Å². The van der Waals surface area contributed by atoms with E-state index in [1.54, 1.807) is 7.11 Å². The fourth-order valence-corrected chi connectivity index (χ4v) is 1.67. The highest BCUT2D eigenvalue weighted by molar-refractivity contribution is 6.69. The molecule has 0 radical (unpaired) electrons. The van der Waals surface area contributed by atoms with E-state index in [-0.39, 0.29) is 0 Å². The van der Waals surface area contributed by atoms with E-state index in [0.29, 0.717) is 0 Å². The smallest absolute Gasteiger partial charge is 0.278 e. The van der Waals surface area contributed by atoms with Crippen molar-refractivity contribution in [1.29, 1.82) is 0 Å². The van der Waals surface area contributed by atoms with E-state index in [1.807, 2.05) is 31.2 Å². The topological polar surface area (TPSA) is 30.8 Å². The minimum atomic E-state index is -1.63. The number of oxime groups is 1. The molecule has 0 heterocycles. The number of nitrogens with zero attached hydrogens (tertiary/aromatic N) is 1. The van der Waals surface area contributed by atoms with Crippen LogP contribution in [-0.2, 0) is 4.53 Å². The summed E-state index contributed by atoms with van der Waals surface area (Å²) in [5.41, 5.74) is 2.70. The van der Waals surface area contributed by atoms with Crippen LogP contribution in [0.2, 0.25) is 19.6 Å². The van der Waals surface area contributed by atoms with E-state index in [4.69, 9.17) is 9.26 Å². The predicted octanol–water partition coefficient (Wildman–Crippen LogP) is 3.94. The highest BCUT2D eigenvalue weighted by atomic mass is 28.4. The molecule has 0 saturated heterocycles. The van der Waals surface area contributed by atoms with Gasteiger partial charge in [-0.1, -0.05) is 18.7 Å². The molecule has 18 heavy (non-hydrogen) atoms. The molecule has 0 aromatic heterocycles. The van der Waals surface area contributed by atoms with Crippen LogP contribution >= 0.6 is 0 Å². The Morgan fingerprint density at radius 2 is 1.72 bits per heavy atom. The number of hydrogen-bond acceptors (Lipinski definition) is 3. The lowest BCUT2D eigenvalue weighted by Gasteiger charge is -2.14. The number of hydrogen-bond donors (Lipinski definition) is 0. The summed E-state index contributed by atoms with van der Waals surface area (Å²) in [5, 5.41) is 4.16. The molecule has 1 aromatic carbocycles. The van der Waals surface area contributed by atoms with E-state index < -0.39 is 8.32 Å². The zero-order chi connectivity index (χ0) is 13.8. The van der Waals surface area contributed by atoms with E-state index in [1.165, 1.54) is 0 Å². The van der Waals surface area contributed by atoms with Gasteiger partial charge in [-0.25, -0.2) is 0 Å². The lowest BCUT2D eigenvalue weighted by Crippen LogP contribution is -2.22. The summed E-state index contributed by atoms with van der Waals surface area (Å²) < 4.78 is 10.6. The lowest BCUT2D eigenvalue weighted by atomic mass is 10.0. The highest BCUT2D eigenvalue weighted by Gasteiger charge is 2.16. The van der Waals surface area contributed by atoms with Crippen LogP contribution in [0.1, 0.15) is 12.5 Å². The van der Waals surface area contributed by atoms with Crippen molar-refractivity contribution in [3.8, 4) is 5.75 Å². The summed E-state index contributed by atoms with van der Waals surface area (Å²) >= 11 is 0. The maximum absolute atomic E-state index is 5.52. The third kappa shape index (κ3) is 4.37. The molecular weight excluding hydrogens is 242 g/mol. The van der Waals surface area contributed by atoms with Gasteiger partial charge in [0, 0.05) is 0 Å². The van der Waals surface area contributed by atoms with Crippen molar-refractivity contribution in [2.24, 2.45) is 5.16 Å². The average molecular weight is 263 g/mol. The normalized spacial score (nSPS) is 12.2. The van der Waals surface area contributed by atoms with Crippen LogP contribution in [0.4, 0.5) is 0 Å². The Kier molecular flexibility index (Phi) is 4.73. The quantitative estimate of drug-likeness (QED) is 0.458. The maximum atomic E-state index is 5.52. The summed E-state index contributed by atoms with van der Waals surface area (Å²) in [7, 11) is 0.0210. The number of allylic oxidation sites excluding steroid dienone is 1. The Bertz CT molecular complexity index is 444. The molecule has 0 saturated carbocycles. The molecule has 0 aliphatic heterocycles. The van der Waals surface area contributed by atoms with Gasteiger partial charge in [0.15, 0.2) is 0 Å². The summed E-state index contributed by atoms with van der Waals surface area (Å²) in [5.74, 6) is 0.833. The van der Waals surface area contributed by atoms with Gasteiger partial charge in [0.1, 0.15) is 5.75 Å². The van der Waals surface area contributed by atoms with Crippen LogP contribution in [0, 0.1) is 0 Å². The Morgan fingerprint density at radius 1 is 1.17 bits per heavy atom. The first kappa shape index (κ1) is 14.5. The van der Waals surface area contributed by atoms with Gasteiger partial charge in [0.2, 0.25) is 0 Å². The van der Waals surface area contributed by atoms with Crippen molar-refractivity contribution in [2.75, 3.05) is 7.11 Å². The summed E-state index contributed by atoms with van der Waals surface area (Å²) in [6, 6.07) is 7.75. The number of benzene rings is 1. The van der Waals surface area contributed by atoms with E-state index in [9.17, 15) is 0 Å². The SMILES string of the molecule is C=C(/C(C)=N/O[Si](C)(C)C)c1ccc(OC)cc1. The van der Waals surface area contributed by atoms with E-state index >= 15 is 0 Å². The van der Waals surface area contributed by atoms with E-state index in [0.717, 1.165) is 22.6 Å². The third-order valence-corrected chi connectivity index (χ3v) is 2.97. The van der Waals surface area contributed by atoms with Gasteiger partial charge >= 0.3 is 0 Å². The molecule has 0 unspecified atom stereocenters. The molecule has 1 rings (SSSR count). The molecule has 0 N–H and O–H groups in total. The molecule has 0 aliphatic rings. The van der Waals surface area contributed by atoms with Gasteiger partial charge in [0.25, 0.3) is 8.32 Å². The zero-order valence-electron chi connectivity index (χ0n) is 11.8. The van der Waals surface area contributed by atoms with Gasteiger partial charge in [-0.15, -0.1) is 5.16 Å². The molecule has 0 fully saturated rings. The molecule has 98 valence electrons. The molecule has 3 nitrogen and oxygen atoms in total. The van der Waals surface area contributed by atoms with Gasteiger partial charge in [-0.2, -0.15) is 0 Å². The highest BCUT2D eigenvalue weighted by Crippen LogP contribution is 2.19. The van der Waals surface area contributed by atoms with Crippen molar-refractivity contribution in [3.05, 3.63) is 36.4 Å². The average Bonchev–Trinajstić information content (AvgIpc) is 2.34. The summed E-state index contributed by atoms with van der Waals surface area (Å²) in [6.45, 7) is 12.2. The van der Waals surface area contributed by atoms with Crippen LogP contribution < -0.4 is 4.74 Å². The van der Waals surface area contributed by atoms with Crippen molar-refractivity contribution < 1.29 is 9.26 Å². The Morgan fingerprint density at radius 3 is 2.17 bits per heavy atom. The Hall–Kier alpha value is -1.55. The van der Waals surface area contributed by atoms with Crippen LogP contribution in [0.5, 0.6) is 5.75 Å². The Balaban J connectivity index is 2.79. The van der Waals surface area contributed by atoms with Gasteiger partial charge < -0.3 is 9.26 Å². The fourth-order valence-electron chi connectivity index (χ4n) is 1.26. The van der Waals surface area contributed by atoms with Gasteiger partial charge in [-0.3, -0.25) is 0 Å². The Labute approximate surface area is 110 Å². The molecule has 0 aliphatic carbocycles. The first-order valence-electron chi connectivity index (χ1n) is 5.90. The second-order valence-corrected chi connectivity index (χ2v) is 9.49. The summed E-state index contributed by atoms with van der Waals surface area (Å²) in [4.78, 5) is 0. The van der Waals surface area contributed by atoms with Crippen LogP contribution in [-0.4, -0.2) is 21.1 Å². The minimum absolute atomic E-state index is 0.808. The van der Waals surface area contributed by atoms with Crippen LogP contribution in [0.15, 0.2) is 36.0 Å². The molecule has 1 aromatic rings. The van der Waals surface area contributed by atoms with Gasteiger partial charge in [0.05, 0.1) is 12.8 Å². The number of rotatable bonds is 5. The molecule has 0 bridgehead atoms. The maximum Gasteiger partial charge on any atom is 0.278 e. The van der Waals surface area contributed by atoms with Crippen molar-refractivity contribution >= 4 is 19.6 Å². The number of methoxy groups -OCH3 is 1. The molecule has 0 spiro atoms. The fraction of sp³-hybridized carbons (Fsp3) is 0.357. The third-order valence-electron chi connectivity index (χ3n) is 2.33. The predicted molar refractivity (Wildman–Crippen MR) is 79.6 cm³/mol. The first-order valence-corrected chi connectivity index (χ1v) is 9.31. The first-order chi connectivity index (χ1) is 8.33. The second kappa shape index (κ2) is 5.86. The summed E-state index contributed by atoms with van der Waals surface area (Å²) in [6.07, 6.45) is 0. The van der Waals surface area contributed by atoms with Crippen molar-refractivity contribution in [3.63, 3.8) is 0 Å². The molecular formula is C14H21NO2Si. The standard InChI is InChI=1S/C14H21NO2Si/c1-11(12(2)15-17-18(4,5)6)13-7-9-14(16-3)10-8-13/h7-10H,1H2,2-6H3/b15-12+. The van der Waals surface area contributed by atoms with Crippen molar-refractivity contribution in [2.45, 2.75) is 26.6 Å². The molecule has 0 atom stereocenters. The zero-order valence-corrected chi connectivity index (χ0v) is 12.8. The van der Waals surface area contributed by atoms with Crippen LogP contribution in [0.25, 0.3) is 5.57 Å². The molecule has 4 heteroatoms. The van der Waals surface area contributed by atoms with Crippen molar-refractivity contribution in [1.82, 2.24) is 0 Å². The van der Waals surface area contributed by atoms with Gasteiger partial charge in [-0.05, 0) is 49.8 Å². The monoisotopic (exact) mass is 263 g/mol.